The number of halogens is 4. The third-order valence-corrected chi connectivity index (χ3v) is 5.28. The fourth-order valence-corrected chi connectivity index (χ4v) is 3.62. The Kier molecular flexibility index (Phi) is 11.2. The molecule has 0 aliphatic rings. The molecule has 0 aliphatic carbocycles. The number of allylic oxidation sites excluding steroid dienone is 1. The third-order valence-electron chi connectivity index (χ3n) is 3.39. The topological polar surface area (TPSA) is 133 Å². The Morgan fingerprint density at radius 3 is 2.48 bits per heavy atom. The largest absolute Gasteiger partial charge is 0.463 e. The SMILES string of the molecule is CCOC(=O)/C=C(\C#CCN(CCN)S(=O)(=O)c1ccccc1[N+](=O)[O-])C(F)(F)F.Cl. The Morgan fingerprint density at radius 2 is 1.97 bits per heavy atom. The summed E-state index contributed by atoms with van der Waals surface area (Å²) >= 11 is 0. The zero-order valence-electron chi connectivity index (χ0n) is 16.1. The predicted molar refractivity (Wildman–Crippen MR) is 107 cm³/mol. The average molecular weight is 486 g/mol. The molecule has 31 heavy (non-hydrogen) atoms. The Labute approximate surface area is 182 Å². The van der Waals surface area contributed by atoms with E-state index < -0.39 is 49.8 Å². The number of carbonyl (C=O) groups excluding carboxylic acids is 1. The second kappa shape index (κ2) is 12.3. The van der Waals surface area contributed by atoms with E-state index in [1.807, 2.05) is 5.92 Å². The average Bonchev–Trinajstić information content (AvgIpc) is 2.65. The highest BCUT2D eigenvalue weighted by atomic mass is 35.5. The van der Waals surface area contributed by atoms with Crippen LogP contribution in [0.15, 0.2) is 40.8 Å². The van der Waals surface area contributed by atoms with E-state index in [1.54, 1.807) is 5.92 Å². The van der Waals surface area contributed by atoms with E-state index in [2.05, 4.69) is 4.74 Å². The lowest BCUT2D eigenvalue weighted by molar-refractivity contribution is -0.387. The molecule has 1 aromatic rings. The maximum absolute atomic E-state index is 13.0. The van der Waals surface area contributed by atoms with E-state index in [-0.39, 0.29) is 38.2 Å². The first-order valence-corrected chi connectivity index (χ1v) is 9.77. The number of esters is 1. The molecule has 0 unspecified atom stereocenters. The minimum absolute atomic E-state index is 0. The first kappa shape index (κ1) is 28.3. The van der Waals surface area contributed by atoms with Crippen molar-refractivity contribution in [2.45, 2.75) is 18.0 Å². The van der Waals surface area contributed by atoms with Crippen molar-refractivity contribution in [2.75, 3.05) is 26.2 Å². The molecule has 0 heterocycles. The maximum atomic E-state index is 13.0. The number of hydrogen-bond donors (Lipinski definition) is 1. The molecular weight excluding hydrogens is 467 g/mol. The number of carbonyl (C=O) groups is 1. The monoisotopic (exact) mass is 485 g/mol. The van der Waals surface area contributed by atoms with Gasteiger partial charge in [0.25, 0.3) is 15.7 Å². The van der Waals surface area contributed by atoms with Gasteiger partial charge >= 0.3 is 12.1 Å². The number of benzene rings is 1. The van der Waals surface area contributed by atoms with Crippen LogP contribution in [0.1, 0.15) is 6.92 Å². The van der Waals surface area contributed by atoms with Crippen LogP contribution in [0, 0.1) is 22.0 Å². The summed E-state index contributed by atoms with van der Waals surface area (Å²) in [7, 11) is -4.49. The molecule has 0 saturated heterocycles. The van der Waals surface area contributed by atoms with Crippen LogP contribution >= 0.6 is 12.4 Å². The highest BCUT2D eigenvalue weighted by Crippen LogP contribution is 2.27. The first-order valence-electron chi connectivity index (χ1n) is 8.33. The molecule has 0 saturated carbocycles. The number of para-hydroxylation sites is 1. The van der Waals surface area contributed by atoms with Crippen molar-refractivity contribution >= 4 is 34.1 Å². The highest BCUT2D eigenvalue weighted by molar-refractivity contribution is 7.89. The van der Waals surface area contributed by atoms with Crippen molar-refractivity contribution in [1.82, 2.24) is 4.31 Å². The summed E-state index contributed by atoms with van der Waals surface area (Å²) in [5, 5.41) is 11.1. The van der Waals surface area contributed by atoms with Crippen LogP contribution in [-0.2, 0) is 19.6 Å². The van der Waals surface area contributed by atoms with Crippen molar-refractivity contribution in [2.24, 2.45) is 5.73 Å². The Balaban J connectivity index is 0.00000900. The zero-order chi connectivity index (χ0) is 22.9. The normalized spacial score (nSPS) is 11.9. The molecule has 0 aliphatic heterocycles. The first-order chi connectivity index (χ1) is 13.9. The molecule has 0 amide bonds. The minimum Gasteiger partial charge on any atom is -0.463 e. The van der Waals surface area contributed by atoms with Gasteiger partial charge in [-0.15, -0.1) is 12.4 Å². The standard InChI is InChI=1S/C17H18F3N3O6S.ClH/c1-2-29-16(24)12-13(17(18,19)20)6-5-10-22(11-9-21)30(27,28)15-8-4-3-7-14(15)23(25)26;/h3-4,7-8,12H,2,9-11,21H2,1H3;1H/b13-12+;. The molecule has 0 atom stereocenters. The molecule has 0 radical (unpaired) electrons. The van der Waals surface area contributed by atoms with E-state index in [4.69, 9.17) is 5.73 Å². The number of nitro groups is 1. The Morgan fingerprint density at radius 1 is 1.35 bits per heavy atom. The fourth-order valence-electron chi connectivity index (χ4n) is 2.11. The lowest BCUT2D eigenvalue weighted by atomic mass is 10.2. The molecule has 14 heteroatoms. The van der Waals surface area contributed by atoms with Crippen LogP contribution < -0.4 is 5.73 Å². The molecule has 0 spiro atoms. The van der Waals surface area contributed by atoms with Gasteiger partial charge in [-0.05, 0) is 13.0 Å². The molecule has 2 N–H and O–H groups in total. The number of sulfonamides is 1. The molecule has 0 fully saturated rings. The van der Waals surface area contributed by atoms with E-state index in [9.17, 15) is 36.5 Å². The number of ether oxygens (including phenoxy) is 1. The molecule has 9 nitrogen and oxygen atoms in total. The highest BCUT2D eigenvalue weighted by Gasteiger charge is 2.34. The molecule has 0 bridgehead atoms. The summed E-state index contributed by atoms with van der Waals surface area (Å²) in [5.41, 5.74) is 3.13. The van der Waals surface area contributed by atoms with E-state index in [1.165, 1.54) is 19.1 Å². The Bertz CT molecular complexity index is 987. The number of alkyl halides is 3. The van der Waals surface area contributed by atoms with Gasteiger partial charge in [-0.25, -0.2) is 13.2 Å². The summed E-state index contributed by atoms with van der Waals surface area (Å²) < 4.78 is 69.6. The van der Waals surface area contributed by atoms with E-state index in [0.29, 0.717) is 4.31 Å². The van der Waals surface area contributed by atoms with Crippen LogP contribution in [-0.4, -0.2) is 56.0 Å². The van der Waals surface area contributed by atoms with Crippen molar-refractivity contribution in [3.8, 4) is 11.8 Å². The number of nitro benzene ring substituents is 1. The molecular formula is C17H19ClF3N3O6S. The summed E-state index contributed by atoms with van der Waals surface area (Å²) in [4.78, 5) is 20.9. The fraction of sp³-hybridized carbons (Fsp3) is 0.353. The lowest BCUT2D eigenvalue weighted by Gasteiger charge is -2.19. The van der Waals surface area contributed by atoms with Crippen LogP contribution in [0.5, 0.6) is 0 Å². The molecule has 1 aromatic carbocycles. The van der Waals surface area contributed by atoms with E-state index >= 15 is 0 Å². The quantitative estimate of drug-likeness (QED) is 0.196. The van der Waals surface area contributed by atoms with Gasteiger partial charge in [-0.1, -0.05) is 24.0 Å². The van der Waals surface area contributed by atoms with Gasteiger partial charge in [0, 0.05) is 25.2 Å². The second-order valence-electron chi connectivity index (χ2n) is 5.46. The van der Waals surface area contributed by atoms with Crippen LogP contribution in [0.25, 0.3) is 0 Å². The number of rotatable bonds is 8. The third kappa shape index (κ3) is 8.18. The van der Waals surface area contributed by atoms with Crippen LogP contribution in [0.4, 0.5) is 18.9 Å². The van der Waals surface area contributed by atoms with Crippen molar-refractivity contribution in [1.29, 1.82) is 0 Å². The van der Waals surface area contributed by atoms with Gasteiger partial charge in [0.2, 0.25) is 0 Å². The van der Waals surface area contributed by atoms with E-state index in [0.717, 1.165) is 12.1 Å². The van der Waals surface area contributed by atoms with Crippen molar-refractivity contribution < 1.29 is 36.0 Å². The molecule has 172 valence electrons. The Hall–Kier alpha value is -2.66. The number of nitrogens with zero attached hydrogens (tertiary/aromatic N) is 2. The van der Waals surface area contributed by atoms with Crippen LogP contribution in [0.3, 0.4) is 0 Å². The minimum atomic E-state index is -4.98. The lowest BCUT2D eigenvalue weighted by Crippen LogP contribution is -2.36. The van der Waals surface area contributed by atoms with Crippen molar-refractivity contribution in [3.05, 3.63) is 46.0 Å². The van der Waals surface area contributed by atoms with Crippen molar-refractivity contribution in [3.63, 3.8) is 0 Å². The van der Waals surface area contributed by atoms with Gasteiger partial charge in [0.15, 0.2) is 4.90 Å². The van der Waals surface area contributed by atoms with Gasteiger partial charge in [-0.2, -0.15) is 17.5 Å². The summed E-state index contributed by atoms with van der Waals surface area (Å²) in [6, 6.07) is 4.49. The second-order valence-corrected chi connectivity index (χ2v) is 7.37. The van der Waals surface area contributed by atoms with Gasteiger partial charge in [0.05, 0.1) is 18.1 Å². The molecule has 0 aromatic heterocycles. The summed E-state index contributed by atoms with van der Waals surface area (Å²) in [6.07, 6.45) is -4.82. The van der Waals surface area contributed by atoms with Gasteiger partial charge in [0.1, 0.15) is 5.57 Å². The molecule has 1 rings (SSSR count). The smallest absolute Gasteiger partial charge is 0.424 e. The summed E-state index contributed by atoms with van der Waals surface area (Å²) in [6.45, 7) is -0.0601. The van der Waals surface area contributed by atoms with Gasteiger partial charge in [-0.3, -0.25) is 10.1 Å². The number of nitrogens with two attached hydrogens (primary N) is 1. The zero-order valence-corrected chi connectivity index (χ0v) is 17.7. The van der Waals surface area contributed by atoms with Gasteiger partial charge < -0.3 is 10.5 Å². The summed E-state index contributed by atoms with van der Waals surface area (Å²) in [5.74, 6) is 2.47. The number of hydrogen-bond acceptors (Lipinski definition) is 7. The predicted octanol–water partition coefficient (Wildman–Crippen LogP) is 2.02. The maximum Gasteiger partial charge on any atom is 0.424 e. The van der Waals surface area contributed by atoms with Crippen LogP contribution in [0.2, 0.25) is 0 Å².